The molecule has 30 heavy (non-hydrogen) atoms. The van der Waals surface area contributed by atoms with Gasteiger partial charge in [0.15, 0.2) is 0 Å². The Morgan fingerprint density at radius 3 is 2.63 bits per heavy atom. The highest BCUT2D eigenvalue weighted by Gasteiger charge is 2.17. The summed E-state index contributed by atoms with van der Waals surface area (Å²) in [5, 5.41) is 1.09. The molecule has 3 aromatic rings. The van der Waals surface area contributed by atoms with Crippen molar-refractivity contribution in [2.24, 2.45) is 5.92 Å². The molecule has 2 aromatic carbocycles. The van der Waals surface area contributed by atoms with Crippen molar-refractivity contribution >= 4 is 41.2 Å². The molecule has 1 fully saturated rings. The van der Waals surface area contributed by atoms with E-state index in [1.807, 2.05) is 32.3 Å². The van der Waals surface area contributed by atoms with Gasteiger partial charge in [-0.1, -0.05) is 18.2 Å². The summed E-state index contributed by atoms with van der Waals surface area (Å²) in [6.07, 6.45) is 6.60. The number of nitrogens with zero attached hydrogens (tertiary/aromatic N) is 2. The number of hydrogen-bond donors (Lipinski definition) is 0. The second-order valence-corrected chi connectivity index (χ2v) is 8.25. The SMILES string of the molecule is CN1CCCC(COc2ccc3cc(C=Cc4ccc(N(C)C)cc4)oc3c2)C1.Cl. The first-order valence-electron chi connectivity index (χ1n) is 10.4. The van der Waals surface area contributed by atoms with Crippen LogP contribution in [0.5, 0.6) is 5.75 Å². The minimum absolute atomic E-state index is 0. The molecule has 1 unspecified atom stereocenters. The zero-order valence-electron chi connectivity index (χ0n) is 18.0. The lowest BCUT2D eigenvalue weighted by Crippen LogP contribution is -2.34. The highest BCUT2D eigenvalue weighted by atomic mass is 35.5. The molecule has 5 heteroatoms. The normalized spacial score (nSPS) is 17.2. The third-order valence-electron chi connectivity index (χ3n) is 5.57. The number of halogens is 1. The van der Waals surface area contributed by atoms with Crippen LogP contribution in [0.25, 0.3) is 23.1 Å². The molecule has 2 heterocycles. The van der Waals surface area contributed by atoms with Gasteiger partial charge in [-0.3, -0.25) is 0 Å². The number of likely N-dealkylation sites (tertiary alicyclic amines) is 1. The van der Waals surface area contributed by atoms with E-state index in [1.54, 1.807) is 0 Å². The van der Waals surface area contributed by atoms with Gasteiger partial charge in [0.2, 0.25) is 0 Å². The molecule has 0 bridgehead atoms. The number of furan rings is 1. The summed E-state index contributed by atoms with van der Waals surface area (Å²) in [6.45, 7) is 3.09. The molecular weight excluding hydrogens is 396 g/mol. The van der Waals surface area contributed by atoms with Crippen molar-refractivity contribution in [3.8, 4) is 5.75 Å². The van der Waals surface area contributed by atoms with Crippen molar-refractivity contribution in [1.29, 1.82) is 0 Å². The van der Waals surface area contributed by atoms with Gasteiger partial charge >= 0.3 is 0 Å². The molecule has 0 radical (unpaired) electrons. The van der Waals surface area contributed by atoms with E-state index in [1.165, 1.54) is 25.1 Å². The lowest BCUT2D eigenvalue weighted by Gasteiger charge is -2.29. The van der Waals surface area contributed by atoms with E-state index in [-0.39, 0.29) is 12.4 Å². The van der Waals surface area contributed by atoms with Crippen LogP contribution in [0.1, 0.15) is 24.2 Å². The Kier molecular flexibility index (Phi) is 7.46. The van der Waals surface area contributed by atoms with Crippen LogP contribution in [-0.4, -0.2) is 45.7 Å². The average molecular weight is 427 g/mol. The van der Waals surface area contributed by atoms with E-state index in [9.17, 15) is 0 Å². The highest BCUT2D eigenvalue weighted by Crippen LogP contribution is 2.26. The summed E-state index contributed by atoms with van der Waals surface area (Å²) in [6, 6.07) is 16.7. The van der Waals surface area contributed by atoms with E-state index in [4.69, 9.17) is 9.15 Å². The van der Waals surface area contributed by atoms with Gasteiger partial charge in [0.25, 0.3) is 0 Å². The number of benzene rings is 2. The van der Waals surface area contributed by atoms with Crippen molar-refractivity contribution < 1.29 is 9.15 Å². The van der Waals surface area contributed by atoms with Crippen LogP contribution >= 0.6 is 12.4 Å². The summed E-state index contributed by atoms with van der Waals surface area (Å²) >= 11 is 0. The van der Waals surface area contributed by atoms with E-state index in [0.29, 0.717) is 5.92 Å². The van der Waals surface area contributed by atoms with Gasteiger partial charge < -0.3 is 19.0 Å². The lowest BCUT2D eigenvalue weighted by molar-refractivity contribution is 0.150. The molecular formula is C25H31ClN2O2. The van der Waals surface area contributed by atoms with Crippen LogP contribution in [0.2, 0.25) is 0 Å². The topological polar surface area (TPSA) is 28.9 Å². The number of piperidine rings is 1. The third-order valence-corrected chi connectivity index (χ3v) is 5.57. The highest BCUT2D eigenvalue weighted by molar-refractivity contribution is 5.85. The molecule has 1 aromatic heterocycles. The zero-order valence-corrected chi connectivity index (χ0v) is 18.8. The van der Waals surface area contributed by atoms with E-state index in [2.05, 4.69) is 59.3 Å². The molecule has 0 spiro atoms. The largest absolute Gasteiger partial charge is 0.493 e. The Balaban J connectivity index is 0.00000256. The second kappa shape index (κ2) is 10.1. The van der Waals surface area contributed by atoms with Crippen LogP contribution in [-0.2, 0) is 0 Å². The Morgan fingerprint density at radius 2 is 1.90 bits per heavy atom. The zero-order chi connectivity index (χ0) is 20.2. The molecule has 1 atom stereocenters. The van der Waals surface area contributed by atoms with E-state index in [0.717, 1.165) is 41.2 Å². The average Bonchev–Trinajstić information content (AvgIpc) is 3.13. The predicted molar refractivity (Wildman–Crippen MR) is 129 cm³/mol. The molecule has 4 nitrogen and oxygen atoms in total. The van der Waals surface area contributed by atoms with E-state index >= 15 is 0 Å². The predicted octanol–water partition coefficient (Wildman–Crippen LogP) is 5.81. The molecule has 1 saturated heterocycles. The van der Waals surface area contributed by atoms with Crippen molar-refractivity contribution in [3.05, 3.63) is 59.9 Å². The summed E-state index contributed by atoms with van der Waals surface area (Å²) in [4.78, 5) is 4.48. The van der Waals surface area contributed by atoms with Crippen LogP contribution in [0, 0.1) is 5.92 Å². The fraction of sp³-hybridized carbons (Fsp3) is 0.360. The lowest BCUT2D eigenvalue weighted by atomic mass is 10.00. The molecule has 1 aliphatic rings. The summed E-state index contributed by atoms with van der Waals surface area (Å²) in [5.74, 6) is 2.34. The van der Waals surface area contributed by atoms with Crippen LogP contribution in [0.3, 0.4) is 0 Å². The maximum absolute atomic E-state index is 6.06. The van der Waals surface area contributed by atoms with Gasteiger partial charge in [-0.15, -0.1) is 12.4 Å². The Hall–Kier alpha value is -2.43. The van der Waals surface area contributed by atoms with Gasteiger partial charge in [-0.25, -0.2) is 0 Å². The first kappa shape index (κ1) is 22.3. The number of hydrogen-bond acceptors (Lipinski definition) is 4. The number of ether oxygens (including phenoxy) is 1. The van der Waals surface area contributed by atoms with Crippen LogP contribution in [0.4, 0.5) is 5.69 Å². The first-order chi connectivity index (χ1) is 14.1. The maximum atomic E-state index is 6.06. The Morgan fingerprint density at radius 1 is 1.10 bits per heavy atom. The minimum Gasteiger partial charge on any atom is -0.493 e. The Bertz CT molecular complexity index is 978. The van der Waals surface area contributed by atoms with Crippen molar-refractivity contribution in [2.75, 3.05) is 45.7 Å². The smallest absolute Gasteiger partial charge is 0.138 e. The van der Waals surface area contributed by atoms with E-state index < -0.39 is 0 Å². The fourth-order valence-electron chi connectivity index (χ4n) is 3.89. The number of fused-ring (bicyclic) bond motifs is 1. The summed E-state index contributed by atoms with van der Waals surface area (Å²) in [7, 11) is 6.28. The van der Waals surface area contributed by atoms with Crippen molar-refractivity contribution in [3.63, 3.8) is 0 Å². The summed E-state index contributed by atoms with van der Waals surface area (Å²) < 4.78 is 12.1. The molecule has 0 N–H and O–H groups in total. The minimum atomic E-state index is 0. The van der Waals surface area contributed by atoms with Crippen LogP contribution in [0.15, 0.2) is 52.9 Å². The summed E-state index contributed by atoms with van der Waals surface area (Å²) in [5.41, 5.74) is 3.21. The van der Waals surface area contributed by atoms with Crippen LogP contribution < -0.4 is 9.64 Å². The fourth-order valence-corrected chi connectivity index (χ4v) is 3.89. The standard InChI is InChI=1S/C25H30N2O2.ClH/c1-26(2)22-10-6-19(7-11-22)8-12-24-15-21-9-13-23(16-25(21)29-24)28-18-20-5-4-14-27(3)17-20;/h6-13,15-16,20H,4-5,14,17-18H2,1-3H3;1H. The van der Waals surface area contributed by atoms with Gasteiger partial charge in [0.05, 0.1) is 6.61 Å². The second-order valence-electron chi connectivity index (χ2n) is 8.25. The molecule has 0 amide bonds. The maximum Gasteiger partial charge on any atom is 0.138 e. The van der Waals surface area contributed by atoms with Gasteiger partial charge in [0, 0.05) is 43.7 Å². The van der Waals surface area contributed by atoms with Gasteiger partial charge in [-0.05, 0) is 68.4 Å². The molecule has 1 aliphatic heterocycles. The molecule has 160 valence electrons. The molecule has 0 saturated carbocycles. The quantitative estimate of drug-likeness (QED) is 0.497. The van der Waals surface area contributed by atoms with Crippen molar-refractivity contribution in [1.82, 2.24) is 4.90 Å². The first-order valence-corrected chi connectivity index (χ1v) is 10.4. The molecule has 0 aliphatic carbocycles. The number of rotatable bonds is 6. The monoisotopic (exact) mass is 426 g/mol. The number of anilines is 1. The van der Waals surface area contributed by atoms with Gasteiger partial charge in [0.1, 0.15) is 17.1 Å². The Labute approximate surface area is 185 Å². The third kappa shape index (κ3) is 5.59. The molecule has 4 rings (SSSR count). The van der Waals surface area contributed by atoms with Gasteiger partial charge in [-0.2, -0.15) is 0 Å². The van der Waals surface area contributed by atoms with Crippen molar-refractivity contribution in [2.45, 2.75) is 12.8 Å².